The molecule has 0 fully saturated rings. The highest BCUT2D eigenvalue weighted by Crippen LogP contribution is 2.20. The normalized spacial score (nSPS) is 14.2. The second kappa shape index (κ2) is 8.64. The highest BCUT2D eigenvalue weighted by Gasteiger charge is 2.19. The fraction of sp³-hybridized carbons (Fsp3) is 0.588. The highest BCUT2D eigenvalue weighted by molar-refractivity contribution is 9.10. The molecule has 2 unspecified atom stereocenters. The first-order valence-corrected chi connectivity index (χ1v) is 8.59. The lowest BCUT2D eigenvalue weighted by molar-refractivity contribution is 0.0502. The van der Waals surface area contributed by atoms with Crippen LogP contribution in [0.3, 0.4) is 0 Å². The van der Waals surface area contributed by atoms with Crippen LogP contribution in [-0.4, -0.2) is 24.3 Å². The summed E-state index contributed by atoms with van der Waals surface area (Å²) in [4.78, 5) is 11.8. The van der Waals surface area contributed by atoms with E-state index in [1.54, 1.807) is 6.07 Å². The standard InChI is InChI=1S/C17H26BrFN2O2/c1-6-13(21-16(22)23-17(3,4)5)10-20-11(2)14-8-7-12(18)9-15(14)19/h7-9,11,13,20H,6,10H2,1-5H3,(H,21,22). The largest absolute Gasteiger partial charge is 0.444 e. The molecule has 4 nitrogen and oxygen atoms in total. The van der Waals surface area contributed by atoms with E-state index < -0.39 is 11.7 Å². The summed E-state index contributed by atoms with van der Waals surface area (Å²) in [5.41, 5.74) is 0.0734. The molecule has 0 spiro atoms. The molecule has 1 aromatic carbocycles. The van der Waals surface area contributed by atoms with Crippen LogP contribution in [0.4, 0.5) is 9.18 Å². The minimum absolute atomic E-state index is 0.0780. The Hall–Kier alpha value is -1.14. The Morgan fingerprint density at radius 1 is 1.39 bits per heavy atom. The lowest BCUT2D eigenvalue weighted by Crippen LogP contribution is -2.44. The van der Waals surface area contributed by atoms with Crippen molar-refractivity contribution in [1.82, 2.24) is 10.6 Å². The Kier molecular flexibility index (Phi) is 7.48. The van der Waals surface area contributed by atoms with Crippen LogP contribution in [-0.2, 0) is 4.74 Å². The van der Waals surface area contributed by atoms with Crippen molar-refractivity contribution in [2.75, 3.05) is 6.54 Å². The van der Waals surface area contributed by atoms with Crippen LogP contribution < -0.4 is 10.6 Å². The van der Waals surface area contributed by atoms with Crippen molar-refractivity contribution in [1.29, 1.82) is 0 Å². The number of carbonyl (C=O) groups is 1. The third-order valence-electron chi connectivity index (χ3n) is 3.31. The number of hydrogen-bond acceptors (Lipinski definition) is 3. The summed E-state index contributed by atoms with van der Waals surface area (Å²) in [7, 11) is 0. The maximum Gasteiger partial charge on any atom is 0.407 e. The molecule has 0 heterocycles. The van der Waals surface area contributed by atoms with Gasteiger partial charge in [-0.15, -0.1) is 0 Å². The monoisotopic (exact) mass is 388 g/mol. The van der Waals surface area contributed by atoms with E-state index in [-0.39, 0.29) is 17.9 Å². The fourth-order valence-corrected chi connectivity index (χ4v) is 2.39. The van der Waals surface area contributed by atoms with Gasteiger partial charge in [-0.05, 0) is 46.2 Å². The lowest BCUT2D eigenvalue weighted by Gasteiger charge is -2.24. The van der Waals surface area contributed by atoms with E-state index >= 15 is 0 Å². The summed E-state index contributed by atoms with van der Waals surface area (Å²) < 4.78 is 19.9. The van der Waals surface area contributed by atoms with Crippen molar-refractivity contribution in [3.63, 3.8) is 0 Å². The van der Waals surface area contributed by atoms with Crippen molar-refractivity contribution < 1.29 is 13.9 Å². The van der Waals surface area contributed by atoms with Gasteiger partial charge in [0.2, 0.25) is 0 Å². The molecule has 2 atom stereocenters. The van der Waals surface area contributed by atoms with Gasteiger partial charge in [0.1, 0.15) is 11.4 Å². The minimum Gasteiger partial charge on any atom is -0.444 e. The van der Waals surface area contributed by atoms with Gasteiger partial charge in [0.25, 0.3) is 0 Å². The third kappa shape index (κ3) is 7.31. The number of rotatable bonds is 6. The summed E-state index contributed by atoms with van der Waals surface area (Å²) in [6.07, 6.45) is 0.315. The zero-order valence-corrected chi connectivity index (χ0v) is 16.0. The van der Waals surface area contributed by atoms with E-state index in [1.807, 2.05) is 40.7 Å². The van der Waals surface area contributed by atoms with Crippen LogP contribution in [0.15, 0.2) is 22.7 Å². The quantitative estimate of drug-likeness (QED) is 0.751. The molecular formula is C17H26BrFN2O2. The van der Waals surface area contributed by atoms with Gasteiger partial charge >= 0.3 is 6.09 Å². The summed E-state index contributed by atoms with van der Waals surface area (Å²) in [6, 6.07) is 4.78. The first-order valence-electron chi connectivity index (χ1n) is 7.80. The Morgan fingerprint density at radius 2 is 2.04 bits per heavy atom. The number of hydrogen-bond donors (Lipinski definition) is 2. The molecule has 0 saturated carbocycles. The van der Waals surface area contributed by atoms with Crippen molar-refractivity contribution in [3.05, 3.63) is 34.1 Å². The molecule has 0 aliphatic heterocycles. The molecule has 23 heavy (non-hydrogen) atoms. The van der Waals surface area contributed by atoms with Crippen LogP contribution >= 0.6 is 15.9 Å². The molecule has 130 valence electrons. The molecule has 1 rings (SSSR count). The minimum atomic E-state index is -0.524. The second-order valence-electron chi connectivity index (χ2n) is 6.55. The molecule has 0 aromatic heterocycles. The van der Waals surface area contributed by atoms with E-state index in [0.29, 0.717) is 16.6 Å². The van der Waals surface area contributed by atoms with E-state index in [4.69, 9.17) is 4.74 Å². The number of benzene rings is 1. The Bertz CT molecular complexity index is 532. The van der Waals surface area contributed by atoms with Gasteiger partial charge in [-0.2, -0.15) is 0 Å². The van der Waals surface area contributed by atoms with Crippen LogP contribution in [0.25, 0.3) is 0 Å². The molecule has 6 heteroatoms. The Labute approximate surface area is 146 Å². The van der Waals surface area contributed by atoms with Gasteiger partial charge in [0, 0.05) is 28.7 Å². The van der Waals surface area contributed by atoms with Gasteiger partial charge in [0.05, 0.1) is 0 Å². The molecule has 0 bridgehead atoms. The third-order valence-corrected chi connectivity index (χ3v) is 3.81. The van der Waals surface area contributed by atoms with Crippen molar-refractivity contribution in [3.8, 4) is 0 Å². The van der Waals surface area contributed by atoms with Gasteiger partial charge < -0.3 is 15.4 Å². The number of halogens is 2. The molecule has 2 N–H and O–H groups in total. The predicted molar refractivity (Wildman–Crippen MR) is 94.0 cm³/mol. The van der Waals surface area contributed by atoms with Crippen LogP contribution in [0.2, 0.25) is 0 Å². The number of amides is 1. The molecule has 1 amide bonds. The average molecular weight is 389 g/mol. The Balaban J connectivity index is 2.55. The summed E-state index contributed by atoms with van der Waals surface area (Å²) in [5.74, 6) is -0.257. The SMILES string of the molecule is CCC(CNC(C)c1ccc(Br)cc1F)NC(=O)OC(C)(C)C. The molecule has 1 aromatic rings. The van der Waals surface area contributed by atoms with Crippen LogP contribution in [0.5, 0.6) is 0 Å². The van der Waals surface area contributed by atoms with Crippen molar-refractivity contribution >= 4 is 22.0 Å². The first kappa shape index (κ1) is 19.9. The number of alkyl carbamates (subject to hydrolysis) is 1. The van der Waals surface area contributed by atoms with Gasteiger partial charge in [0.15, 0.2) is 0 Å². The van der Waals surface area contributed by atoms with E-state index in [9.17, 15) is 9.18 Å². The second-order valence-corrected chi connectivity index (χ2v) is 7.46. The zero-order valence-electron chi connectivity index (χ0n) is 14.4. The lowest BCUT2D eigenvalue weighted by atomic mass is 10.1. The average Bonchev–Trinajstić information content (AvgIpc) is 2.41. The van der Waals surface area contributed by atoms with Crippen molar-refractivity contribution in [2.45, 2.75) is 58.7 Å². The molecule has 0 aliphatic carbocycles. The van der Waals surface area contributed by atoms with Gasteiger partial charge in [-0.1, -0.05) is 28.9 Å². The van der Waals surface area contributed by atoms with Crippen molar-refractivity contribution in [2.24, 2.45) is 0 Å². The maximum absolute atomic E-state index is 13.9. The van der Waals surface area contributed by atoms with Crippen LogP contribution in [0.1, 0.15) is 52.6 Å². The molecule has 0 aliphatic rings. The fourth-order valence-electron chi connectivity index (χ4n) is 2.05. The molecular weight excluding hydrogens is 363 g/mol. The number of ether oxygens (including phenoxy) is 1. The van der Waals surface area contributed by atoms with E-state index in [2.05, 4.69) is 26.6 Å². The number of nitrogens with one attached hydrogen (secondary N) is 2. The van der Waals surface area contributed by atoms with Crippen LogP contribution in [0, 0.1) is 5.82 Å². The zero-order chi connectivity index (χ0) is 17.6. The molecule has 0 saturated heterocycles. The first-order chi connectivity index (χ1) is 10.6. The maximum atomic E-state index is 13.9. The molecule has 0 radical (unpaired) electrons. The van der Waals surface area contributed by atoms with Gasteiger partial charge in [-0.25, -0.2) is 9.18 Å². The van der Waals surface area contributed by atoms with E-state index in [0.717, 1.165) is 6.42 Å². The summed E-state index contributed by atoms with van der Waals surface area (Å²) in [6.45, 7) is 9.88. The number of carbonyl (C=O) groups excluding carboxylic acids is 1. The van der Waals surface area contributed by atoms with Gasteiger partial charge in [-0.3, -0.25) is 0 Å². The Morgan fingerprint density at radius 3 is 2.57 bits per heavy atom. The van der Waals surface area contributed by atoms with E-state index in [1.165, 1.54) is 6.07 Å². The predicted octanol–water partition coefficient (Wildman–Crippen LogP) is 4.54. The topological polar surface area (TPSA) is 50.4 Å². The highest BCUT2D eigenvalue weighted by atomic mass is 79.9. The smallest absolute Gasteiger partial charge is 0.407 e. The summed E-state index contributed by atoms with van der Waals surface area (Å²) in [5, 5.41) is 6.08. The summed E-state index contributed by atoms with van der Waals surface area (Å²) >= 11 is 3.25.